The first kappa shape index (κ1) is 12.5. The molecule has 0 atom stereocenters. The molecule has 96 valence electrons. The van der Waals surface area contributed by atoms with Crippen molar-refractivity contribution in [3.05, 3.63) is 30.0 Å². The van der Waals surface area contributed by atoms with Gasteiger partial charge in [-0.15, -0.1) is 0 Å². The molecule has 3 N–H and O–H groups in total. The highest BCUT2D eigenvalue weighted by Gasteiger charge is 2.27. The SMILES string of the molecule is CCNS(=O)(=O)c1nn2ccccc2c1C(N)=O. The molecule has 2 aromatic rings. The second-order valence-electron chi connectivity index (χ2n) is 3.58. The van der Waals surface area contributed by atoms with E-state index in [2.05, 4.69) is 9.82 Å². The Morgan fingerprint density at radius 3 is 2.83 bits per heavy atom. The van der Waals surface area contributed by atoms with Crippen LogP contribution in [0.4, 0.5) is 0 Å². The van der Waals surface area contributed by atoms with E-state index < -0.39 is 15.9 Å². The van der Waals surface area contributed by atoms with Gasteiger partial charge in [0.05, 0.1) is 5.52 Å². The van der Waals surface area contributed by atoms with Gasteiger partial charge in [0.2, 0.25) is 5.03 Å². The lowest BCUT2D eigenvalue weighted by molar-refractivity contribution is 0.0998. The zero-order valence-electron chi connectivity index (χ0n) is 9.62. The monoisotopic (exact) mass is 268 g/mol. The van der Waals surface area contributed by atoms with Gasteiger partial charge >= 0.3 is 0 Å². The average Bonchev–Trinajstić information content (AvgIpc) is 2.68. The van der Waals surface area contributed by atoms with Crippen molar-refractivity contribution in [1.29, 1.82) is 0 Å². The maximum atomic E-state index is 11.9. The summed E-state index contributed by atoms with van der Waals surface area (Å²) in [6, 6.07) is 4.93. The molecule has 0 radical (unpaired) electrons. The van der Waals surface area contributed by atoms with Gasteiger partial charge in [0.15, 0.2) is 0 Å². The Balaban J connectivity index is 2.79. The molecule has 8 heteroatoms. The first-order valence-corrected chi connectivity index (χ1v) is 6.72. The lowest BCUT2D eigenvalue weighted by Crippen LogP contribution is -2.26. The molecule has 18 heavy (non-hydrogen) atoms. The molecule has 0 saturated carbocycles. The highest BCUT2D eigenvalue weighted by atomic mass is 32.2. The summed E-state index contributed by atoms with van der Waals surface area (Å²) in [6.07, 6.45) is 1.55. The molecule has 2 heterocycles. The van der Waals surface area contributed by atoms with Crippen molar-refractivity contribution in [3.63, 3.8) is 0 Å². The fraction of sp³-hybridized carbons (Fsp3) is 0.200. The number of primary amides is 1. The fourth-order valence-electron chi connectivity index (χ4n) is 1.66. The van der Waals surface area contributed by atoms with Crippen molar-refractivity contribution in [2.24, 2.45) is 5.73 Å². The summed E-state index contributed by atoms with van der Waals surface area (Å²) in [5, 5.41) is 3.55. The van der Waals surface area contributed by atoms with E-state index in [4.69, 9.17) is 5.73 Å². The molecule has 0 spiro atoms. The Morgan fingerprint density at radius 2 is 2.22 bits per heavy atom. The van der Waals surface area contributed by atoms with E-state index in [0.717, 1.165) is 0 Å². The third-order valence-corrected chi connectivity index (χ3v) is 3.81. The second-order valence-corrected chi connectivity index (χ2v) is 5.26. The number of nitrogens with two attached hydrogens (primary N) is 1. The van der Waals surface area contributed by atoms with Crippen LogP contribution < -0.4 is 10.5 Å². The van der Waals surface area contributed by atoms with Crippen molar-refractivity contribution >= 4 is 21.4 Å². The number of pyridine rings is 1. The van der Waals surface area contributed by atoms with Gasteiger partial charge in [-0.25, -0.2) is 17.7 Å². The second kappa shape index (κ2) is 4.39. The molecule has 0 aliphatic heterocycles. The normalized spacial score (nSPS) is 11.8. The van der Waals surface area contributed by atoms with Gasteiger partial charge in [0.1, 0.15) is 5.56 Å². The molecule has 2 rings (SSSR count). The summed E-state index contributed by atoms with van der Waals surface area (Å²) in [4.78, 5) is 11.4. The van der Waals surface area contributed by atoms with E-state index >= 15 is 0 Å². The highest BCUT2D eigenvalue weighted by Crippen LogP contribution is 2.19. The number of carbonyl (C=O) groups is 1. The number of nitrogens with zero attached hydrogens (tertiary/aromatic N) is 2. The van der Waals surface area contributed by atoms with Crippen LogP contribution >= 0.6 is 0 Å². The Hall–Kier alpha value is -1.93. The molecule has 7 nitrogen and oxygen atoms in total. The van der Waals surface area contributed by atoms with Gasteiger partial charge in [0.25, 0.3) is 15.9 Å². The van der Waals surface area contributed by atoms with Crippen molar-refractivity contribution in [2.45, 2.75) is 11.9 Å². The molecule has 1 amide bonds. The number of rotatable bonds is 4. The van der Waals surface area contributed by atoms with Gasteiger partial charge in [-0.1, -0.05) is 13.0 Å². The standard InChI is InChI=1S/C10H12N4O3S/c1-2-12-18(16,17)10-8(9(11)15)7-5-3-4-6-14(7)13-10/h3-6,12H,2H2,1H3,(H2,11,15). The first-order valence-electron chi connectivity index (χ1n) is 5.24. The number of hydrogen-bond donors (Lipinski definition) is 2. The average molecular weight is 268 g/mol. The van der Waals surface area contributed by atoms with E-state index in [1.807, 2.05) is 0 Å². The Kier molecular flexibility index (Phi) is 3.05. The maximum absolute atomic E-state index is 11.9. The van der Waals surface area contributed by atoms with Gasteiger partial charge in [-0.2, -0.15) is 5.10 Å². The molecular weight excluding hydrogens is 256 g/mol. The van der Waals surface area contributed by atoms with Crippen molar-refractivity contribution in [1.82, 2.24) is 14.3 Å². The van der Waals surface area contributed by atoms with Gasteiger partial charge in [0, 0.05) is 12.7 Å². The van der Waals surface area contributed by atoms with Crippen LogP contribution in [0, 0.1) is 0 Å². The molecule has 0 bridgehead atoms. The van der Waals surface area contributed by atoms with E-state index in [1.165, 1.54) is 4.52 Å². The van der Waals surface area contributed by atoms with Crippen LogP contribution in [0.1, 0.15) is 17.3 Å². The van der Waals surface area contributed by atoms with Crippen LogP contribution in [0.2, 0.25) is 0 Å². The molecular formula is C10H12N4O3S. The predicted octanol–water partition coefficient (Wildman–Crippen LogP) is -0.269. The lowest BCUT2D eigenvalue weighted by atomic mass is 10.2. The first-order chi connectivity index (χ1) is 8.47. The van der Waals surface area contributed by atoms with Gasteiger partial charge in [-0.05, 0) is 12.1 Å². The molecule has 0 saturated heterocycles. The minimum Gasteiger partial charge on any atom is -0.365 e. The largest absolute Gasteiger partial charge is 0.365 e. The number of aromatic nitrogens is 2. The maximum Gasteiger partial charge on any atom is 0.260 e. The summed E-state index contributed by atoms with van der Waals surface area (Å²) in [7, 11) is -3.83. The molecule has 0 aliphatic carbocycles. The van der Waals surface area contributed by atoms with Crippen LogP contribution in [0.3, 0.4) is 0 Å². The molecule has 0 aliphatic rings. The zero-order valence-corrected chi connectivity index (χ0v) is 10.4. The number of sulfonamides is 1. The van der Waals surface area contributed by atoms with E-state index in [0.29, 0.717) is 5.52 Å². The quantitative estimate of drug-likeness (QED) is 0.796. The van der Waals surface area contributed by atoms with Gasteiger partial charge < -0.3 is 5.73 Å². The van der Waals surface area contributed by atoms with Crippen LogP contribution in [0.15, 0.2) is 29.4 Å². The Bertz CT molecular complexity index is 705. The number of carbonyl (C=O) groups excluding carboxylic acids is 1. The summed E-state index contributed by atoms with van der Waals surface area (Å²) >= 11 is 0. The van der Waals surface area contributed by atoms with Crippen molar-refractivity contribution < 1.29 is 13.2 Å². The number of hydrogen-bond acceptors (Lipinski definition) is 4. The van der Waals surface area contributed by atoms with E-state index in [1.54, 1.807) is 31.3 Å². The minimum absolute atomic E-state index is 0.100. The smallest absolute Gasteiger partial charge is 0.260 e. The molecule has 0 unspecified atom stereocenters. The predicted molar refractivity (Wildman–Crippen MR) is 64.6 cm³/mol. The minimum atomic E-state index is -3.83. The van der Waals surface area contributed by atoms with Crippen molar-refractivity contribution in [2.75, 3.05) is 6.54 Å². The summed E-state index contributed by atoms with van der Waals surface area (Å²) in [5.41, 5.74) is 5.50. The third-order valence-electron chi connectivity index (χ3n) is 2.34. The van der Waals surface area contributed by atoms with Crippen LogP contribution in [-0.2, 0) is 10.0 Å². The number of nitrogens with one attached hydrogen (secondary N) is 1. The number of fused-ring (bicyclic) bond motifs is 1. The van der Waals surface area contributed by atoms with E-state index in [-0.39, 0.29) is 17.1 Å². The van der Waals surface area contributed by atoms with Gasteiger partial charge in [-0.3, -0.25) is 4.79 Å². The lowest BCUT2D eigenvalue weighted by Gasteiger charge is -2.01. The van der Waals surface area contributed by atoms with E-state index in [9.17, 15) is 13.2 Å². The highest BCUT2D eigenvalue weighted by molar-refractivity contribution is 7.89. The molecule has 2 aromatic heterocycles. The number of amides is 1. The zero-order chi connectivity index (χ0) is 13.3. The van der Waals surface area contributed by atoms with Crippen LogP contribution in [0.25, 0.3) is 5.52 Å². The van der Waals surface area contributed by atoms with Crippen LogP contribution in [0.5, 0.6) is 0 Å². The Labute approximate surface area is 104 Å². The summed E-state index contributed by atoms with van der Waals surface area (Å²) in [5.74, 6) is -0.826. The third kappa shape index (κ3) is 1.95. The summed E-state index contributed by atoms with van der Waals surface area (Å²) in [6.45, 7) is 1.84. The molecule has 0 aromatic carbocycles. The fourth-order valence-corrected chi connectivity index (χ4v) is 2.84. The molecule has 0 fully saturated rings. The van der Waals surface area contributed by atoms with Crippen molar-refractivity contribution in [3.8, 4) is 0 Å². The van der Waals surface area contributed by atoms with Crippen LogP contribution in [-0.4, -0.2) is 30.5 Å². The summed E-state index contributed by atoms with van der Waals surface area (Å²) < 4.78 is 27.5. The Morgan fingerprint density at radius 1 is 1.50 bits per heavy atom. The topological polar surface area (TPSA) is 107 Å².